The zero-order valence-electron chi connectivity index (χ0n) is 11.8. The van der Waals surface area contributed by atoms with Gasteiger partial charge < -0.3 is 20.3 Å². The lowest BCUT2D eigenvalue weighted by Gasteiger charge is -2.05. The fraction of sp³-hybridized carbons (Fsp3) is 0.429. The molecule has 0 aliphatic rings. The van der Waals surface area contributed by atoms with E-state index in [1.54, 1.807) is 12.1 Å². The lowest BCUT2D eigenvalue weighted by atomic mass is 10.2. The van der Waals surface area contributed by atoms with E-state index in [-0.39, 0.29) is 5.82 Å². The molecular weight excluding hydrogens is 281 g/mol. The first-order valence-electron chi connectivity index (χ1n) is 6.47. The maximum absolute atomic E-state index is 13.2. The molecular formula is C14H20FNO5. The van der Waals surface area contributed by atoms with E-state index in [0.717, 1.165) is 26.2 Å². The molecule has 3 N–H and O–H groups in total. The van der Waals surface area contributed by atoms with E-state index in [1.807, 2.05) is 13.0 Å². The number of ether oxygens (including phenoxy) is 1. The molecule has 0 bridgehead atoms. The van der Waals surface area contributed by atoms with Gasteiger partial charge >= 0.3 is 11.9 Å². The molecule has 0 saturated heterocycles. The lowest BCUT2D eigenvalue weighted by Crippen LogP contribution is -2.17. The van der Waals surface area contributed by atoms with Gasteiger partial charge in [0.15, 0.2) is 0 Å². The summed E-state index contributed by atoms with van der Waals surface area (Å²) in [6.07, 6.45) is 0.961. The number of nitrogens with one attached hydrogen (secondary N) is 1. The second-order valence-corrected chi connectivity index (χ2v) is 3.93. The van der Waals surface area contributed by atoms with Crippen molar-refractivity contribution < 1.29 is 28.9 Å². The van der Waals surface area contributed by atoms with E-state index in [4.69, 9.17) is 24.5 Å². The summed E-state index contributed by atoms with van der Waals surface area (Å²) in [5.41, 5.74) is 0.717. The van der Waals surface area contributed by atoms with Gasteiger partial charge in [-0.3, -0.25) is 0 Å². The summed E-state index contributed by atoms with van der Waals surface area (Å²) in [7, 11) is 0. The quantitative estimate of drug-likeness (QED) is 0.522. The van der Waals surface area contributed by atoms with Gasteiger partial charge in [0.1, 0.15) is 5.82 Å². The first-order chi connectivity index (χ1) is 9.99. The van der Waals surface area contributed by atoms with Crippen molar-refractivity contribution in [2.24, 2.45) is 0 Å². The van der Waals surface area contributed by atoms with Gasteiger partial charge in [0.05, 0.1) is 0 Å². The van der Waals surface area contributed by atoms with Gasteiger partial charge in [-0.1, -0.05) is 18.2 Å². The topological polar surface area (TPSA) is 95.9 Å². The minimum atomic E-state index is -1.82. The summed E-state index contributed by atoms with van der Waals surface area (Å²) in [4.78, 5) is 18.2. The van der Waals surface area contributed by atoms with Crippen molar-refractivity contribution in [2.75, 3.05) is 19.8 Å². The average Bonchev–Trinajstić information content (AvgIpc) is 2.45. The number of aliphatic carboxylic acids is 2. The summed E-state index contributed by atoms with van der Waals surface area (Å²) in [6.45, 7) is 4.94. The van der Waals surface area contributed by atoms with Gasteiger partial charge in [-0.2, -0.15) is 0 Å². The van der Waals surface area contributed by atoms with E-state index in [0.29, 0.717) is 12.1 Å². The molecule has 0 fully saturated rings. The van der Waals surface area contributed by atoms with E-state index < -0.39 is 11.9 Å². The number of hydrogen-bond donors (Lipinski definition) is 3. The molecule has 0 spiro atoms. The number of carboxylic acids is 2. The van der Waals surface area contributed by atoms with Crippen LogP contribution in [0.15, 0.2) is 24.3 Å². The molecule has 1 rings (SSSR count). The first-order valence-corrected chi connectivity index (χ1v) is 6.47. The van der Waals surface area contributed by atoms with E-state index in [9.17, 15) is 4.39 Å². The van der Waals surface area contributed by atoms with Gasteiger partial charge in [-0.15, -0.1) is 0 Å². The molecule has 1 aromatic rings. The van der Waals surface area contributed by atoms with E-state index >= 15 is 0 Å². The highest BCUT2D eigenvalue weighted by atomic mass is 19.1. The Bertz CT molecular complexity index is 427. The molecule has 0 aliphatic carbocycles. The first kappa shape index (κ1) is 19.0. The van der Waals surface area contributed by atoms with Crippen molar-refractivity contribution in [2.45, 2.75) is 19.9 Å². The molecule has 6 nitrogen and oxygen atoms in total. The number of rotatable bonds is 7. The van der Waals surface area contributed by atoms with Crippen LogP contribution < -0.4 is 5.32 Å². The third-order valence-electron chi connectivity index (χ3n) is 2.30. The Labute approximate surface area is 122 Å². The molecule has 21 heavy (non-hydrogen) atoms. The number of hydrogen-bond acceptors (Lipinski definition) is 4. The van der Waals surface area contributed by atoms with Gasteiger partial charge in [0.25, 0.3) is 0 Å². The van der Waals surface area contributed by atoms with Crippen molar-refractivity contribution in [3.63, 3.8) is 0 Å². The molecule has 7 heteroatoms. The molecule has 0 heterocycles. The monoisotopic (exact) mass is 301 g/mol. The van der Waals surface area contributed by atoms with Gasteiger partial charge in [0.2, 0.25) is 0 Å². The van der Waals surface area contributed by atoms with E-state index in [1.165, 1.54) is 6.07 Å². The second-order valence-electron chi connectivity index (χ2n) is 3.93. The zero-order valence-corrected chi connectivity index (χ0v) is 11.8. The predicted octanol–water partition coefficient (Wildman–Crippen LogP) is 1.50. The Morgan fingerprint density at radius 1 is 1.24 bits per heavy atom. The number of benzene rings is 1. The van der Waals surface area contributed by atoms with Gasteiger partial charge in [-0.25, -0.2) is 14.0 Å². The van der Waals surface area contributed by atoms with Crippen LogP contribution in [0.4, 0.5) is 4.39 Å². The minimum Gasteiger partial charge on any atom is -0.473 e. The van der Waals surface area contributed by atoms with Crippen LogP contribution in [-0.4, -0.2) is 41.9 Å². The van der Waals surface area contributed by atoms with Gasteiger partial charge in [-0.05, 0) is 26.0 Å². The SMILES string of the molecule is CCOCCCNCc1ccccc1F.O=C(O)C(=O)O. The molecule has 0 amide bonds. The Morgan fingerprint density at radius 3 is 2.38 bits per heavy atom. The third-order valence-corrected chi connectivity index (χ3v) is 2.30. The summed E-state index contributed by atoms with van der Waals surface area (Å²) >= 11 is 0. The van der Waals surface area contributed by atoms with E-state index in [2.05, 4.69) is 5.32 Å². The predicted molar refractivity (Wildman–Crippen MR) is 74.5 cm³/mol. The molecule has 118 valence electrons. The van der Waals surface area contributed by atoms with Gasteiger partial charge in [0, 0.05) is 25.3 Å². The van der Waals surface area contributed by atoms with Crippen LogP contribution in [0.1, 0.15) is 18.9 Å². The lowest BCUT2D eigenvalue weighted by molar-refractivity contribution is -0.159. The summed E-state index contributed by atoms with van der Waals surface area (Å²) in [5.74, 6) is -3.79. The van der Waals surface area contributed by atoms with Crippen LogP contribution in [0.5, 0.6) is 0 Å². The largest absolute Gasteiger partial charge is 0.473 e. The van der Waals surface area contributed by atoms with Crippen molar-refractivity contribution >= 4 is 11.9 Å². The Balaban J connectivity index is 0.000000567. The highest BCUT2D eigenvalue weighted by Crippen LogP contribution is 2.05. The fourth-order valence-corrected chi connectivity index (χ4v) is 1.31. The normalized spacial score (nSPS) is 9.62. The second kappa shape index (κ2) is 11.8. The highest BCUT2D eigenvalue weighted by molar-refractivity contribution is 6.27. The maximum atomic E-state index is 13.2. The van der Waals surface area contributed by atoms with Crippen LogP contribution in [0.25, 0.3) is 0 Å². The van der Waals surface area contributed by atoms with Crippen molar-refractivity contribution in [1.29, 1.82) is 0 Å². The van der Waals surface area contributed by atoms with Crippen LogP contribution in [0.3, 0.4) is 0 Å². The van der Waals surface area contributed by atoms with Crippen molar-refractivity contribution in [3.8, 4) is 0 Å². The molecule has 0 radical (unpaired) electrons. The summed E-state index contributed by atoms with van der Waals surface area (Å²) in [6, 6.07) is 6.83. The van der Waals surface area contributed by atoms with Crippen LogP contribution in [-0.2, 0) is 20.9 Å². The van der Waals surface area contributed by atoms with Crippen LogP contribution in [0, 0.1) is 5.82 Å². The Morgan fingerprint density at radius 2 is 1.86 bits per heavy atom. The molecule has 0 unspecified atom stereocenters. The van der Waals surface area contributed by atoms with Crippen molar-refractivity contribution in [3.05, 3.63) is 35.6 Å². The van der Waals surface area contributed by atoms with Crippen LogP contribution in [0.2, 0.25) is 0 Å². The number of carboxylic acid groups (broad SMARTS) is 2. The number of carbonyl (C=O) groups is 2. The molecule has 0 saturated carbocycles. The van der Waals surface area contributed by atoms with Crippen LogP contribution >= 0.6 is 0 Å². The number of halogens is 1. The highest BCUT2D eigenvalue weighted by Gasteiger charge is 2.04. The molecule has 0 aliphatic heterocycles. The Hall–Kier alpha value is -1.99. The van der Waals surface area contributed by atoms with Crippen molar-refractivity contribution in [1.82, 2.24) is 5.32 Å². The maximum Gasteiger partial charge on any atom is 0.414 e. The zero-order chi connectivity index (χ0) is 16.1. The fourth-order valence-electron chi connectivity index (χ4n) is 1.31. The summed E-state index contributed by atoms with van der Waals surface area (Å²) in [5, 5.41) is 18.0. The standard InChI is InChI=1S/C12H18FNO.C2H2O4/c1-2-15-9-5-8-14-10-11-6-3-4-7-12(11)13;3-1(4)2(5)6/h3-4,6-7,14H,2,5,8-10H2,1H3;(H,3,4)(H,5,6). The smallest absolute Gasteiger partial charge is 0.414 e. The Kier molecular flexibility index (Phi) is 10.7. The molecule has 0 atom stereocenters. The minimum absolute atomic E-state index is 0.144. The molecule has 0 aromatic heterocycles. The molecule has 1 aromatic carbocycles. The summed E-state index contributed by atoms with van der Waals surface area (Å²) < 4.78 is 18.4. The third kappa shape index (κ3) is 10.5. The average molecular weight is 301 g/mol.